The second-order valence-electron chi connectivity index (χ2n) is 13.3. The van der Waals surface area contributed by atoms with Crippen LogP contribution in [-0.2, 0) is 28.7 Å². The van der Waals surface area contributed by atoms with Gasteiger partial charge in [-0.2, -0.15) is 0 Å². The number of hydrogen-bond donors (Lipinski definition) is 0. The highest BCUT2D eigenvalue weighted by Crippen LogP contribution is 2.15. The zero-order chi connectivity index (χ0) is 33.8. The Morgan fingerprint density at radius 3 is 0.729 bits per heavy atom. The highest BCUT2D eigenvalue weighted by atomic mass is 24.3. The number of carbonyl (C=O) groups excluding carboxylic acids is 4. The third-order valence-electron chi connectivity index (χ3n) is 8.75. The summed E-state index contributed by atoms with van der Waals surface area (Å²) in [6.07, 6.45) is 39.3. The van der Waals surface area contributed by atoms with E-state index in [-0.39, 0.29) is 58.9 Å². The maximum Gasteiger partial charge on any atom is 0.338 e. The van der Waals surface area contributed by atoms with Crippen molar-refractivity contribution in [3.63, 3.8) is 0 Å². The third-order valence-corrected chi connectivity index (χ3v) is 8.75. The number of unbranched alkanes of at least 4 members (excludes halogenated alkanes) is 28. The van der Waals surface area contributed by atoms with Gasteiger partial charge in [0.05, 0.1) is 0 Å². The number of hydrogen-bond acceptors (Lipinski definition) is 6. The van der Waals surface area contributed by atoms with Crippen molar-refractivity contribution in [1.82, 2.24) is 0 Å². The first-order valence-electron chi connectivity index (χ1n) is 19.7. The maximum atomic E-state index is 11.9. The minimum absolute atomic E-state index is 0. The van der Waals surface area contributed by atoms with E-state index in [1.165, 1.54) is 154 Å². The van der Waals surface area contributed by atoms with Crippen LogP contribution >= 0.6 is 0 Å². The predicted molar refractivity (Wildman–Crippen MR) is 208 cm³/mol. The van der Waals surface area contributed by atoms with Gasteiger partial charge in [-0.25, -0.2) is 9.59 Å². The molecule has 8 heteroatoms. The zero-order valence-electron chi connectivity index (χ0n) is 30.2. The van der Waals surface area contributed by atoms with Crippen LogP contribution in [-0.4, -0.2) is 70.0 Å². The summed E-state index contributed by atoms with van der Waals surface area (Å²) in [7, 11) is 0. The highest BCUT2D eigenvalue weighted by molar-refractivity contribution is 5.98. The summed E-state index contributed by atoms with van der Waals surface area (Å²) in [5, 5.41) is 0. The monoisotopic (exact) mass is 701 g/mol. The Hall–Kier alpha value is -0.448. The van der Waals surface area contributed by atoms with Gasteiger partial charge in [0.1, 0.15) is 0 Å². The third kappa shape index (κ3) is 41.7. The Morgan fingerprint density at radius 1 is 0.333 bits per heavy atom. The van der Waals surface area contributed by atoms with Crippen molar-refractivity contribution in [2.45, 2.75) is 219 Å². The molecule has 0 radical (unpaired) electrons. The van der Waals surface area contributed by atoms with Crippen LogP contribution < -0.4 is 0 Å². The van der Waals surface area contributed by atoms with Gasteiger partial charge in [0.15, 0.2) is 0 Å². The average molecular weight is 702 g/mol. The van der Waals surface area contributed by atoms with E-state index in [1.54, 1.807) is 0 Å². The lowest BCUT2D eigenvalue weighted by Crippen LogP contribution is -2.12. The largest absolute Gasteiger partial charge is 0.390 e. The average Bonchev–Trinajstić information content (AvgIpc) is 3.03. The van der Waals surface area contributed by atoms with Crippen LogP contribution in [0.3, 0.4) is 0 Å². The molecule has 0 heterocycles. The molecule has 0 saturated carbocycles. The molecule has 0 fully saturated rings. The van der Waals surface area contributed by atoms with Crippen LogP contribution in [0, 0.1) is 0 Å². The molecule has 0 spiro atoms. The fourth-order valence-corrected chi connectivity index (χ4v) is 5.81. The summed E-state index contributed by atoms with van der Waals surface area (Å²) >= 11 is 0. The smallest absolute Gasteiger partial charge is 0.338 e. The SMILES string of the molecule is CCCCCCCCCCCCCCCCCC(=O)OC(=O)/C=C/C(=O)OC(=O)CCCCCCCCCCCCCCCCC.[MgH2].[MgH2]. The van der Waals surface area contributed by atoms with Crippen LogP contribution in [0.2, 0.25) is 0 Å². The Morgan fingerprint density at radius 2 is 0.521 bits per heavy atom. The lowest BCUT2D eigenvalue weighted by Gasteiger charge is -2.04. The molecule has 0 saturated heterocycles. The molecule has 0 aliphatic heterocycles. The molecule has 6 nitrogen and oxygen atoms in total. The topological polar surface area (TPSA) is 86.7 Å². The summed E-state index contributed by atoms with van der Waals surface area (Å²) in [4.78, 5) is 47.4. The van der Waals surface area contributed by atoms with Gasteiger partial charge in [0, 0.05) is 25.0 Å². The number of rotatable bonds is 34. The molecule has 0 atom stereocenters. The van der Waals surface area contributed by atoms with E-state index in [0.29, 0.717) is 12.8 Å². The maximum absolute atomic E-state index is 11.9. The van der Waals surface area contributed by atoms with E-state index in [4.69, 9.17) is 9.47 Å². The van der Waals surface area contributed by atoms with Crippen LogP contribution in [0.5, 0.6) is 0 Å². The molecular formula is C40H76Mg2O6. The molecule has 0 aliphatic carbocycles. The molecule has 0 aromatic rings. The van der Waals surface area contributed by atoms with Crippen molar-refractivity contribution in [2.24, 2.45) is 0 Å². The first-order chi connectivity index (χ1) is 22.5. The molecule has 0 amide bonds. The fourth-order valence-electron chi connectivity index (χ4n) is 5.81. The van der Waals surface area contributed by atoms with E-state index in [2.05, 4.69) is 13.8 Å². The first kappa shape index (κ1) is 51.9. The quantitative estimate of drug-likeness (QED) is 0.0218. The molecule has 48 heavy (non-hydrogen) atoms. The van der Waals surface area contributed by atoms with Crippen LogP contribution in [0.25, 0.3) is 0 Å². The normalized spacial score (nSPS) is 10.8. The second-order valence-corrected chi connectivity index (χ2v) is 13.3. The molecule has 0 bridgehead atoms. The van der Waals surface area contributed by atoms with Gasteiger partial charge in [-0.3, -0.25) is 9.59 Å². The van der Waals surface area contributed by atoms with Crippen LogP contribution in [0.1, 0.15) is 219 Å². The van der Waals surface area contributed by atoms with E-state index < -0.39 is 23.9 Å². The summed E-state index contributed by atoms with van der Waals surface area (Å²) < 4.78 is 9.46. The van der Waals surface area contributed by atoms with Crippen molar-refractivity contribution in [2.75, 3.05) is 0 Å². The molecule has 0 N–H and O–H groups in total. The minimum Gasteiger partial charge on any atom is -0.390 e. The zero-order valence-corrected chi connectivity index (χ0v) is 30.2. The van der Waals surface area contributed by atoms with Gasteiger partial charge in [0.25, 0.3) is 0 Å². The van der Waals surface area contributed by atoms with Crippen molar-refractivity contribution in [3.05, 3.63) is 12.2 Å². The second kappa shape index (κ2) is 42.7. The van der Waals surface area contributed by atoms with Gasteiger partial charge >= 0.3 is 70.0 Å². The summed E-state index contributed by atoms with van der Waals surface area (Å²) in [6.45, 7) is 4.51. The van der Waals surface area contributed by atoms with Gasteiger partial charge in [-0.05, 0) is 12.8 Å². The van der Waals surface area contributed by atoms with Crippen molar-refractivity contribution in [3.8, 4) is 0 Å². The van der Waals surface area contributed by atoms with E-state index in [9.17, 15) is 19.2 Å². The molecule has 0 aromatic heterocycles. The lowest BCUT2D eigenvalue weighted by molar-refractivity contribution is -0.159. The van der Waals surface area contributed by atoms with Crippen molar-refractivity contribution < 1.29 is 28.7 Å². The highest BCUT2D eigenvalue weighted by Gasteiger charge is 2.11. The Labute approximate surface area is 328 Å². The van der Waals surface area contributed by atoms with Gasteiger partial charge in [-0.1, -0.05) is 194 Å². The van der Waals surface area contributed by atoms with Gasteiger partial charge < -0.3 is 9.47 Å². The van der Waals surface area contributed by atoms with Crippen LogP contribution in [0.15, 0.2) is 12.2 Å². The van der Waals surface area contributed by atoms with E-state index in [1.807, 2.05) is 0 Å². The van der Waals surface area contributed by atoms with E-state index >= 15 is 0 Å². The molecular weight excluding hydrogens is 625 g/mol. The number of esters is 4. The minimum atomic E-state index is -0.919. The summed E-state index contributed by atoms with van der Waals surface area (Å²) in [5.74, 6) is -3.03. The van der Waals surface area contributed by atoms with Crippen LogP contribution in [0.4, 0.5) is 0 Å². The fraction of sp³-hybridized carbons (Fsp3) is 0.850. The lowest BCUT2D eigenvalue weighted by atomic mass is 10.0. The van der Waals surface area contributed by atoms with E-state index in [0.717, 1.165) is 37.8 Å². The number of carbonyl (C=O) groups is 4. The summed E-state index contributed by atoms with van der Waals surface area (Å²) in [6, 6.07) is 0. The molecule has 0 aliphatic rings. The molecule has 0 unspecified atom stereocenters. The predicted octanol–water partition coefficient (Wildman–Crippen LogP) is 10.4. The molecule has 0 rings (SSSR count). The standard InChI is InChI=1S/C40H72O6.2Mg.4H/c1-3-5-7-9-11-13-15-17-19-21-23-25-27-29-31-33-37(41)45-39(43)35-36-40(44)46-38(42)34-32-30-28-26-24-22-20-18-16-14-12-10-8-6-4-2;;;;;;/h35-36H,3-34H2,1-2H3;;;;;;/b36-35+;;;;;;. The van der Waals surface area contributed by atoms with Gasteiger partial charge in [0.2, 0.25) is 0 Å². The van der Waals surface area contributed by atoms with Crippen molar-refractivity contribution in [1.29, 1.82) is 0 Å². The van der Waals surface area contributed by atoms with Gasteiger partial charge in [-0.15, -0.1) is 0 Å². The number of ether oxygens (including phenoxy) is 2. The Kier molecular flexibility index (Phi) is 46.2. The Balaban J connectivity index is -0.0000101. The summed E-state index contributed by atoms with van der Waals surface area (Å²) in [5.41, 5.74) is 0. The van der Waals surface area contributed by atoms with Crippen molar-refractivity contribution >= 4 is 70.0 Å². The first-order valence-corrected chi connectivity index (χ1v) is 19.7. The Bertz CT molecular complexity index is 709. The molecule has 276 valence electrons. The molecule has 0 aromatic carbocycles.